The van der Waals surface area contributed by atoms with Crippen molar-refractivity contribution in [1.29, 1.82) is 0 Å². The number of hydrogen-bond acceptors (Lipinski definition) is 2. The molecular weight excluding hydrogens is 540 g/mol. The SMILES string of the molecule is CCC=CCC=CCC=CCCCCCCCCCC(N)=O.CCC=CCC=CCC=CCCCCCCCCCC(N)=O. The van der Waals surface area contributed by atoms with Crippen molar-refractivity contribution in [3.63, 3.8) is 0 Å². The highest BCUT2D eigenvalue weighted by atomic mass is 16.1. The van der Waals surface area contributed by atoms with E-state index >= 15 is 0 Å². The summed E-state index contributed by atoms with van der Waals surface area (Å²) in [5.41, 5.74) is 10.2. The summed E-state index contributed by atoms with van der Waals surface area (Å²) < 4.78 is 0. The zero-order valence-electron chi connectivity index (χ0n) is 28.9. The van der Waals surface area contributed by atoms with Gasteiger partial charge in [-0.2, -0.15) is 0 Å². The van der Waals surface area contributed by atoms with Crippen LogP contribution in [0, 0.1) is 0 Å². The molecule has 4 nitrogen and oxygen atoms in total. The molecule has 0 spiro atoms. The normalized spacial score (nSPS) is 12.0. The van der Waals surface area contributed by atoms with Crippen molar-refractivity contribution in [2.45, 2.75) is 168 Å². The van der Waals surface area contributed by atoms with Gasteiger partial charge in [-0.05, 0) is 77.0 Å². The smallest absolute Gasteiger partial charge is 0.217 e. The van der Waals surface area contributed by atoms with Crippen molar-refractivity contribution in [2.24, 2.45) is 11.5 Å². The van der Waals surface area contributed by atoms with Gasteiger partial charge >= 0.3 is 0 Å². The fourth-order valence-corrected chi connectivity index (χ4v) is 4.54. The number of nitrogens with two attached hydrogens (primary N) is 2. The molecule has 0 saturated carbocycles. The van der Waals surface area contributed by atoms with Crippen LogP contribution >= 0.6 is 0 Å². The van der Waals surface area contributed by atoms with Gasteiger partial charge in [0.1, 0.15) is 0 Å². The topological polar surface area (TPSA) is 86.2 Å². The van der Waals surface area contributed by atoms with Crippen molar-refractivity contribution >= 4 is 11.8 Å². The first-order chi connectivity index (χ1) is 21.5. The second-order valence-electron chi connectivity index (χ2n) is 11.5. The molecule has 44 heavy (non-hydrogen) atoms. The molecule has 0 aromatic rings. The van der Waals surface area contributed by atoms with Crippen LogP contribution in [0.5, 0.6) is 0 Å². The molecule has 0 aliphatic heterocycles. The van der Waals surface area contributed by atoms with Crippen LogP contribution in [0.25, 0.3) is 0 Å². The first-order valence-electron chi connectivity index (χ1n) is 18.0. The second-order valence-corrected chi connectivity index (χ2v) is 11.5. The number of allylic oxidation sites excluding steroid dienone is 12. The number of carbonyl (C=O) groups excluding carboxylic acids is 2. The van der Waals surface area contributed by atoms with E-state index in [1.54, 1.807) is 0 Å². The van der Waals surface area contributed by atoms with Crippen LogP contribution in [-0.2, 0) is 9.59 Å². The Labute approximate surface area is 273 Å². The van der Waals surface area contributed by atoms with Gasteiger partial charge in [0.2, 0.25) is 11.8 Å². The predicted octanol–water partition coefficient (Wildman–Crippen LogP) is 11.7. The van der Waals surface area contributed by atoms with E-state index in [-0.39, 0.29) is 11.8 Å². The molecule has 0 atom stereocenters. The molecule has 0 aromatic carbocycles. The standard InChI is InChI=1S/2C20H35NO/c2*1-2-3-4-5-6-7-8-9-10-11-12-13-14-15-16-17-18-19-20(21)22/h2*3-4,6-7,9-10H,2,5,8,11-19H2,1H3,(H2,21,22). The molecule has 252 valence electrons. The average molecular weight is 611 g/mol. The van der Waals surface area contributed by atoms with E-state index in [1.807, 2.05) is 0 Å². The highest BCUT2D eigenvalue weighted by molar-refractivity contribution is 5.73. The van der Waals surface area contributed by atoms with Gasteiger partial charge in [-0.25, -0.2) is 0 Å². The molecule has 2 amide bonds. The van der Waals surface area contributed by atoms with Crippen LogP contribution in [0.1, 0.15) is 168 Å². The maximum atomic E-state index is 10.6. The number of amides is 2. The first kappa shape index (κ1) is 43.5. The zero-order chi connectivity index (χ0) is 32.6. The van der Waals surface area contributed by atoms with E-state index in [0.717, 1.165) is 64.2 Å². The predicted molar refractivity (Wildman–Crippen MR) is 195 cm³/mol. The first-order valence-corrected chi connectivity index (χ1v) is 18.0. The lowest BCUT2D eigenvalue weighted by atomic mass is 10.1. The third-order valence-corrected chi connectivity index (χ3v) is 7.15. The van der Waals surface area contributed by atoms with Gasteiger partial charge in [-0.1, -0.05) is 151 Å². The molecule has 0 bridgehead atoms. The largest absolute Gasteiger partial charge is 0.370 e. The lowest BCUT2D eigenvalue weighted by molar-refractivity contribution is -0.119. The molecule has 0 aliphatic rings. The van der Waals surface area contributed by atoms with Gasteiger partial charge in [0.05, 0.1) is 0 Å². The lowest BCUT2D eigenvalue weighted by Crippen LogP contribution is -2.09. The van der Waals surface area contributed by atoms with Gasteiger partial charge in [0, 0.05) is 12.8 Å². The fourth-order valence-electron chi connectivity index (χ4n) is 4.54. The maximum absolute atomic E-state index is 10.6. The van der Waals surface area contributed by atoms with Gasteiger partial charge in [0.15, 0.2) is 0 Å². The van der Waals surface area contributed by atoms with E-state index in [4.69, 9.17) is 11.5 Å². The molecule has 0 aromatic heterocycles. The molecule has 0 saturated heterocycles. The molecule has 0 heterocycles. The van der Waals surface area contributed by atoms with Crippen LogP contribution in [0.4, 0.5) is 0 Å². The maximum Gasteiger partial charge on any atom is 0.217 e. The Morgan fingerprint density at radius 3 is 0.909 bits per heavy atom. The Hall–Kier alpha value is -2.62. The van der Waals surface area contributed by atoms with Crippen molar-refractivity contribution in [2.75, 3.05) is 0 Å². The van der Waals surface area contributed by atoms with E-state index in [9.17, 15) is 9.59 Å². The Kier molecular flexibility index (Phi) is 39.9. The van der Waals surface area contributed by atoms with Crippen molar-refractivity contribution in [3.05, 3.63) is 72.9 Å². The monoisotopic (exact) mass is 611 g/mol. The van der Waals surface area contributed by atoms with Gasteiger partial charge < -0.3 is 11.5 Å². The molecule has 4 N–H and O–H groups in total. The molecule has 4 heteroatoms. The van der Waals surface area contributed by atoms with Crippen LogP contribution in [0.3, 0.4) is 0 Å². The van der Waals surface area contributed by atoms with Crippen LogP contribution in [0.2, 0.25) is 0 Å². The summed E-state index contributed by atoms with van der Waals surface area (Å²) in [6.07, 6.45) is 54.0. The van der Waals surface area contributed by atoms with Crippen LogP contribution < -0.4 is 11.5 Å². The Bertz CT molecular complexity index is 723. The van der Waals surface area contributed by atoms with Crippen molar-refractivity contribution in [3.8, 4) is 0 Å². The van der Waals surface area contributed by atoms with Gasteiger partial charge in [-0.3, -0.25) is 9.59 Å². The minimum absolute atomic E-state index is 0.168. The van der Waals surface area contributed by atoms with E-state index in [0.29, 0.717) is 12.8 Å². The van der Waals surface area contributed by atoms with Crippen LogP contribution in [0.15, 0.2) is 72.9 Å². The summed E-state index contributed by atoms with van der Waals surface area (Å²) in [5, 5.41) is 0. The highest BCUT2D eigenvalue weighted by Crippen LogP contribution is 2.11. The number of hydrogen-bond donors (Lipinski definition) is 2. The van der Waals surface area contributed by atoms with E-state index in [2.05, 4.69) is 86.8 Å². The minimum atomic E-state index is -0.168. The summed E-state index contributed by atoms with van der Waals surface area (Å²) in [4.78, 5) is 21.1. The summed E-state index contributed by atoms with van der Waals surface area (Å²) >= 11 is 0. The third kappa shape index (κ3) is 46.3. The Morgan fingerprint density at radius 2 is 0.614 bits per heavy atom. The number of unbranched alkanes of at least 4 members (excludes halogenated alkanes) is 14. The summed E-state index contributed by atoms with van der Waals surface area (Å²) in [7, 11) is 0. The molecule has 0 aliphatic carbocycles. The summed E-state index contributed by atoms with van der Waals surface area (Å²) in [6.45, 7) is 4.32. The fraction of sp³-hybridized carbons (Fsp3) is 0.650. The van der Waals surface area contributed by atoms with Crippen LogP contribution in [-0.4, -0.2) is 11.8 Å². The average Bonchev–Trinajstić information content (AvgIpc) is 3.00. The zero-order valence-corrected chi connectivity index (χ0v) is 28.9. The van der Waals surface area contributed by atoms with Gasteiger partial charge in [-0.15, -0.1) is 0 Å². The quantitative estimate of drug-likeness (QED) is 0.0626. The molecule has 0 rings (SSSR count). The molecule has 0 unspecified atom stereocenters. The van der Waals surface area contributed by atoms with Gasteiger partial charge in [0.25, 0.3) is 0 Å². The lowest BCUT2D eigenvalue weighted by Gasteiger charge is -2.00. The minimum Gasteiger partial charge on any atom is -0.370 e. The van der Waals surface area contributed by atoms with E-state index < -0.39 is 0 Å². The molecular formula is C40H70N2O2. The Morgan fingerprint density at radius 1 is 0.364 bits per heavy atom. The molecule has 0 fully saturated rings. The van der Waals surface area contributed by atoms with Crippen molar-refractivity contribution in [1.82, 2.24) is 0 Å². The summed E-state index contributed by atoms with van der Waals surface area (Å²) in [5.74, 6) is -0.335. The summed E-state index contributed by atoms with van der Waals surface area (Å²) in [6, 6.07) is 0. The number of rotatable bonds is 30. The molecule has 0 radical (unpaired) electrons. The van der Waals surface area contributed by atoms with E-state index in [1.165, 1.54) is 77.0 Å². The van der Waals surface area contributed by atoms with Crippen molar-refractivity contribution < 1.29 is 9.59 Å². The number of primary amides is 2. The number of carbonyl (C=O) groups is 2. The third-order valence-electron chi connectivity index (χ3n) is 7.15. The Balaban J connectivity index is 0. The second kappa shape index (κ2) is 40.4. The highest BCUT2D eigenvalue weighted by Gasteiger charge is 1.96.